The van der Waals surface area contributed by atoms with E-state index in [0.29, 0.717) is 17.4 Å². The van der Waals surface area contributed by atoms with Gasteiger partial charge in [-0.25, -0.2) is 0 Å². The fraction of sp³-hybridized carbons (Fsp3) is 0.0833. The lowest BCUT2D eigenvalue weighted by atomic mass is 10.2. The normalized spacial score (nSPS) is 10.1. The molecule has 0 fully saturated rings. The summed E-state index contributed by atoms with van der Waals surface area (Å²) in [5, 5.41) is 0.554. The predicted molar refractivity (Wildman–Crippen MR) is 64.4 cm³/mol. The Hall–Kier alpha value is -1.74. The van der Waals surface area contributed by atoms with Gasteiger partial charge in [0.1, 0.15) is 12.4 Å². The molecule has 16 heavy (non-hydrogen) atoms. The van der Waals surface area contributed by atoms with E-state index in [1.807, 2.05) is 24.3 Å². The first-order chi connectivity index (χ1) is 7.75. The molecule has 0 unspecified atom stereocenters. The minimum atomic E-state index is 0.411. The summed E-state index contributed by atoms with van der Waals surface area (Å²) in [7, 11) is 0. The van der Waals surface area contributed by atoms with Crippen molar-refractivity contribution in [2.24, 2.45) is 0 Å². The first-order valence-electron chi connectivity index (χ1n) is 4.82. The van der Waals surface area contributed by atoms with Crippen molar-refractivity contribution in [1.29, 1.82) is 0 Å². The fourth-order valence-electron chi connectivity index (χ4n) is 1.30. The molecule has 0 amide bonds. The van der Waals surface area contributed by atoms with Gasteiger partial charge < -0.3 is 10.5 Å². The molecule has 0 aliphatic heterocycles. The number of nitrogens with zero attached hydrogens (tertiary/aromatic N) is 1. The lowest BCUT2D eigenvalue weighted by Gasteiger charge is -2.07. The molecule has 0 saturated carbocycles. The second-order valence-corrected chi connectivity index (χ2v) is 3.76. The highest BCUT2D eigenvalue weighted by atomic mass is 35.5. The highest BCUT2D eigenvalue weighted by molar-refractivity contribution is 6.30. The van der Waals surface area contributed by atoms with Crippen molar-refractivity contribution in [3.8, 4) is 5.75 Å². The number of hydrogen-bond acceptors (Lipinski definition) is 3. The zero-order valence-electron chi connectivity index (χ0n) is 8.56. The van der Waals surface area contributed by atoms with E-state index in [9.17, 15) is 0 Å². The van der Waals surface area contributed by atoms with E-state index in [0.717, 1.165) is 11.3 Å². The number of rotatable bonds is 3. The van der Waals surface area contributed by atoms with Crippen LogP contribution in [0.5, 0.6) is 5.75 Å². The summed E-state index contributed by atoms with van der Waals surface area (Å²) in [4.78, 5) is 3.93. The predicted octanol–water partition coefficient (Wildman–Crippen LogP) is 2.90. The minimum absolute atomic E-state index is 0.411. The highest BCUT2D eigenvalue weighted by Crippen LogP contribution is 2.18. The van der Waals surface area contributed by atoms with E-state index < -0.39 is 0 Å². The van der Waals surface area contributed by atoms with Gasteiger partial charge in [-0.05, 0) is 6.07 Å². The van der Waals surface area contributed by atoms with Gasteiger partial charge >= 0.3 is 0 Å². The molecule has 82 valence electrons. The lowest BCUT2D eigenvalue weighted by Crippen LogP contribution is -1.99. The molecule has 4 heteroatoms. The topological polar surface area (TPSA) is 48.1 Å². The molecule has 0 aliphatic carbocycles. The molecule has 0 atom stereocenters. The van der Waals surface area contributed by atoms with Gasteiger partial charge in [0.2, 0.25) is 0 Å². The van der Waals surface area contributed by atoms with Crippen LogP contribution >= 0.6 is 11.6 Å². The van der Waals surface area contributed by atoms with Crippen molar-refractivity contribution in [3.05, 3.63) is 53.3 Å². The molecule has 1 aromatic carbocycles. The number of nitrogen functional groups attached to an aromatic ring is 1. The second-order valence-electron chi connectivity index (χ2n) is 3.33. The molecule has 2 rings (SSSR count). The van der Waals surface area contributed by atoms with Crippen LogP contribution in [0.1, 0.15) is 5.56 Å². The number of nitrogens with two attached hydrogens (primary N) is 1. The number of halogens is 1. The average Bonchev–Trinajstić information content (AvgIpc) is 2.28. The van der Waals surface area contributed by atoms with Crippen LogP contribution in [-0.4, -0.2) is 4.98 Å². The molecule has 0 radical (unpaired) electrons. The van der Waals surface area contributed by atoms with Crippen molar-refractivity contribution in [2.45, 2.75) is 6.61 Å². The summed E-state index contributed by atoms with van der Waals surface area (Å²) in [6.45, 7) is 0.411. The Morgan fingerprint density at radius 2 is 2.06 bits per heavy atom. The molecule has 0 saturated heterocycles. The molecule has 0 spiro atoms. The SMILES string of the molecule is Nc1ccccc1COc1cncc(Cl)c1. The zero-order chi connectivity index (χ0) is 11.4. The molecule has 1 heterocycles. The number of anilines is 1. The van der Waals surface area contributed by atoms with Crippen LogP contribution in [0.4, 0.5) is 5.69 Å². The molecule has 1 aromatic heterocycles. The maximum absolute atomic E-state index is 5.79. The molecule has 0 bridgehead atoms. The van der Waals surface area contributed by atoms with Crippen molar-refractivity contribution in [2.75, 3.05) is 5.73 Å². The third kappa shape index (κ3) is 2.64. The maximum atomic E-state index is 5.79. The molecule has 2 aromatic rings. The van der Waals surface area contributed by atoms with Gasteiger partial charge in [0.25, 0.3) is 0 Å². The average molecular weight is 235 g/mol. The van der Waals surface area contributed by atoms with Crippen molar-refractivity contribution in [3.63, 3.8) is 0 Å². The quantitative estimate of drug-likeness (QED) is 0.831. The Labute approximate surface area is 98.8 Å². The van der Waals surface area contributed by atoms with Gasteiger partial charge in [0.15, 0.2) is 0 Å². The van der Waals surface area contributed by atoms with Gasteiger partial charge in [-0.3, -0.25) is 4.98 Å². The monoisotopic (exact) mass is 234 g/mol. The van der Waals surface area contributed by atoms with Gasteiger partial charge in [-0.2, -0.15) is 0 Å². The fourth-order valence-corrected chi connectivity index (χ4v) is 1.46. The van der Waals surface area contributed by atoms with Crippen LogP contribution in [0.25, 0.3) is 0 Å². The summed E-state index contributed by atoms with van der Waals surface area (Å²) < 4.78 is 5.53. The molecular formula is C12H11ClN2O. The first kappa shape index (κ1) is 10.8. The summed E-state index contributed by atoms with van der Waals surface area (Å²) in [5.74, 6) is 0.635. The van der Waals surface area contributed by atoms with E-state index in [-0.39, 0.29) is 0 Å². The van der Waals surface area contributed by atoms with Gasteiger partial charge in [0, 0.05) is 23.5 Å². The van der Waals surface area contributed by atoms with Gasteiger partial charge in [0.05, 0.1) is 11.2 Å². The van der Waals surface area contributed by atoms with Crippen LogP contribution in [0, 0.1) is 0 Å². The Morgan fingerprint density at radius 3 is 2.81 bits per heavy atom. The summed E-state index contributed by atoms with van der Waals surface area (Å²) in [6, 6.07) is 9.29. The number of para-hydroxylation sites is 1. The van der Waals surface area contributed by atoms with Crippen LogP contribution in [0.2, 0.25) is 5.02 Å². The van der Waals surface area contributed by atoms with Gasteiger partial charge in [-0.15, -0.1) is 0 Å². The number of hydrogen-bond donors (Lipinski definition) is 1. The maximum Gasteiger partial charge on any atom is 0.139 e. The van der Waals surface area contributed by atoms with Crippen LogP contribution in [0.3, 0.4) is 0 Å². The van der Waals surface area contributed by atoms with Crippen LogP contribution in [-0.2, 0) is 6.61 Å². The van der Waals surface area contributed by atoms with E-state index >= 15 is 0 Å². The van der Waals surface area contributed by atoms with E-state index in [2.05, 4.69) is 4.98 Å². The zero-order valence-corrected chi connectivity index (χ0v) is 9.32. The molecule has 0 aliphatic rings. The Bertz CT molecular complexity index is 488. The Kier molecular flexibility index (Phi) is 3.27. The van der Waals surface area contributed by atoms with E-state index in [4.69, 9.17) is 22.1 Å². The van der Waals surface area contributed by atoms with Crippen LogP contribution < -0.4 is 10.5 Å². The standard InChI is InChI=1S/C12H11ClN2O/c13-10-5-11(7-15-6-10)16-8-9-3-1-2-4-12(9)14/h1-7H,8,14H2. The molecular weight excluding hydrogens is 224 g/mol. The Balaban J connectivity index is 2.05. The summed E-state index contributed by atoms with van der Waals surface area (Å²) in [5.41, 5.74) is 7.46. The first-order valence-corrected chi connectivity index (χ1v) is 5.20. The van der Waals surface area contributed by atoms with E-state index in [1.165, 1.54) is 0 Å². The lowest BCUT2D eigenvalue weighted by molar-refractivity contribution is 0.305. The number of ether oxygens (including phenoxy) is 1. The minimum Gasteiger partial charge on any atom is -0.487 e. The number of aromatic nitrogens is 1. The number of benzene rings is 1. The summed E-state index contributed by atoms with van der Waals surface area (Å²) in [6.07, 6.45) is 3.18. The van der Waals surface area contributed by atoms with Crippen molar-refractivity contribution in [1.82, 2.24) is 4.98 Å². The third-order valence-corrected chi connectivity index (χ3v) is 2.34. The summed E-state index contributed by atoms with van der Waals surface area (Å²) >= 11 is 5.79. The second kappa shape index (κ2) is 4.86. The Morgan fingerprint density at radius 1 is 1.25 bits per heavy atom. The third-order valence-electron chi connectivity index (χ3n) is 2.13. The smallest absolute Gasteiger partial charge is 0.139 e. The van der Waals surface area contributed by atoms with Crippen molar-refractivity contribution < 1.29 is 4.74 Å². The molecule has 2 N–H and O–H groups in total. The molecule has 3 nitrogen and oxygen atoms in total. The highest BCUT2D eigenvalue weighted by Gasteiger charge is 2.00. The van der Waals surface area contributed by atoms with Crippen LogP contribution in [0.15, 0.2) is 42.7 Å². The largest absolute Gasteiger partial charge is 0.487 e. The number of pyridine rings is 1. The van der Waals surface area contributed by atoms with E-state index in [1.54, 1.807) is 18.5 Å². The van der Waals surface area contributed by atoms with Crippen molar-refractivity contribution >= 4 is 17.3 Å². The van der Waals surface area contributed by atoms with Gasteiger partial charge in [-0.1, -0.05) is 29.8 Å².